The largest absolute Gasteiger partial charge is 0.375 e. The number of amides is 3. The van der Waals surface area contributed by atoms with Gasteiger partial charge in [0, 0.05) is 0 Å². The number of halogens is 1. The first-order valence-electron chi connectivity index (χ1n) is 4.58. The van der Waals surface area contributed by atoms with E-state index < -0.39 is 11.9 Å². The average Bonchev–Trinajstić information content (AvgIpc) is 2.18. The highest BCUT2D eigenvalue weighted by molar-refractivity contribution is 6.33. The molecule has 1 aromatic rings. The van der Waals surface area contributed by atoms with E-state index in [1.807, 2.05) is 18.3 Å². The second kappa shape index (κ2) is 5.37. The highest BCUT2D eigenvalue weighted by atomic mass is 35.5. The first kappa shape index (κ1) is 12.3. The maximum absolute atomic E-state index is 11.1. The lowest BCUT2D eigenvalue weighted by molar-refractivity contribution is -0.118. The minimum atomic E-state index is -0.873. The van der Waals surface area contributed by atoms with Gasteiger partial charge in [-0.05, 0) is 24.6 Å². The molecular formula is C10H12ClN3O2. The fourth-order valence-corrected chi connectivity index (χ4v) is 1.32. The Balaban J connectivity index is 2.57. The van der Waals surface area contributed by atoms with E-state index in [4.69, 9.17) is 17.3 Å². The summed E-state index contributed by atoms with van der Waals surface area (Å²) in [4.78, 5) is 21.5. The van der Waals surface area contributed by atoms with Gasteiger partial charge in [0.05, 0.1) is 17.3 Å². The van der Waals surface area contributed by atoms with Crippen molar-refractivity contribution in [2.45, 2.75) is 6.92 Å². The van der Waals surface area contributed by atoms with E-state index in [9.17, 15) is 9.59 Å². The highest BCUT2D eigenvalue weighted by Gasteiger charge is 2.05. The lowest BCUT2D eigenvalue weighted by atomic mass is 10.2. The Hall–Kier alpha value is -1.75. The van der Waals surface area contributed by atoms with E-state index in [0.29, 0.717) is 10.7 Å². The van der Waals surface area contributed by atoms with Gasteiger partial charge < -0.3 is 11.1 Å². The summed E-state index contributed by atoms with van der Waals surface area (Å²) >= 11 is 5.90. The van der Waals surface area contributed by atoms with Gasteiger partial charge in [-0.25, -0.2) is 4.79 Å². The molecular weight excluding hydrogens is 230 g/mol. The molecule has 16 heavy (non-hydrogen) atoms. The minimum absolute atomic E-state index is 0.0634. The summed E-state index contributed by atoms with van der Waals surface area (Å²) in [7, 11) is 0. The lowest BCUT2D eigenvalue weighted by Crippen LogP contribution is -2.38. The van der Waals surface area contributed by atoms with Crippen molar-refractivity contribution in [3.63, 3.8) is 0 Å². The SMILES string of the molecule is Cc1ccc(Cl)c(NCC(=O)NC(N)=O)c1. The fourth-order valence-electron chi connectivity index (χ4n) is 1.13. The molecule has 0 radical (unpaired) electrons. The first-order valence-corrected chi connectivity index (χ1v) is 4.96. The van der Waals surface area contributed by atoms with Gasteiger partial charge in [-0.15, -0.1) is 0 Å². The number of primary amides is 1. The Bertz CT molecular complexity index is 421. The molecule has 1 rings (SSSR count). The molecule has 0 unspecified atom stereocenters. The number of anilines is 1. The Labute approximate surface area is 98.0 Å². The van der Waals surface area contributed by atoms with Crippen LogP contribution in [0.1, 0.15) is 5.56 Å². The molecule has 0 fully saturated rings. The maximum Gasteiger partial charge on any atom is 0.318 e. The molecule has 0 aliphatic rings. The molecule has 0 heterocycles. The van der Waals surface area contributed by atoms with Crippen LogP contribution in [0.2, 0.25) is 5.02 Å². The summed E-state index contributed by atoms with van der Waals surface area (Å²) in [6, 6.07) is 4.52. The summed E-state index contributed by atoms with van der Waals surface area (Å²) in [5.41, 5.74) is 6.45. The third-order valence-corrected chi connectivity index (χ3v) is 2.15. The lowest BCUT2D eigenvalue weighted by Gasteiger charge is -2.08. The van der Waals surface area contributed by atoms with Crippen LogP contribution < -0.4 is 16.4 Å². The second-order valence-electron chi connectivity index (χ2n) is 3.25. The molecule has 6 heteroatoms. The summed E-state index contributed by atoms with van der Waals surface area (Å²) in [6.07, 6.45) is 0. The fraction of sp³-hybridized carbons (Fsp3) is 0.200. The van der Waals surface area contributed by atoms with Gasteiger partial charge in [0.15, 0.2) is 0 Å². The summed E-state index contributed by atoms with van der Waals surface area (Å²) in [5.74, 6) is -0.509. The van der Waals surface area contributed by atoms with Crippen LogP contribution in [0.4, 0.5) is 10.5 Å². The van der Waals surface area contributed by atoms with Crippen LogP contribution in [0, 0.1) is 6.92 Å². The minimum Gasteiger partial charge on any atom is -0.375 e. The Morgan fingerprint density at radius 3 is 2.75 bits per heavy atom. The van der Waals surface area contributed by atoms with Crippen LogP contribution in [-0.4, -0.2) is 18.5 Å². The molecule has 0 bridgehead atoms. The predicted molar refractivity (Wildman–Crippen MR) is 62.4 cm³/mol. The standard InChI is InChI=1S/C10H12ClN3O2/c1-6-2-3-7(11)8(4-6)13-5-9(15)14-10(12)16/h2-4,13H,5H2,1H3,(H3,12,14,15,16). The molecule has 0 saturated heterocycles. The van der Waals surface area contributed by atoms with Gasteiger partial charge in [0.2, 0.25) is 5.91 Å². The van der Waals surface area contributed by atoms with Crippen LogP contribution >= 0.6 is 11.6 Å². The Morgan fingerprint density at radius 1 is 1.44 bits per heavy atom. The number of benzene rings is 1. The van der Waals surface area contributed by atoms with Crippen molar-refractivity contribution in [3.8, 4) is 0 Å². The van der Waals surface area contributed by atoms with E-state index in [1.54, 1.807) is 12.1 Å². The van der Waals surface area contributed by atoms with E-state index >= 15 is 0 Å². The molecule has 0 aromatic heterocycles. The average molecular weight is 242 g/mol. The molecule has 0 saturated carbocycles. The van der Waals surface area contributed by atoms with Gasteiger partial charge in [0.1, 0.15) is 0 Å². The van der Waals surface area contributed by atoms with E-state index in [2.05, 4.69) is 5.32 Å². The molecule has 5 nitrogen and oxygen atoms in total. The smallest absolute Gasteiger partial charge is 0.318 e. The van der Waals surface area contributed by atoms with E-state index in [1.165, 1.54) is 0 Å². The third kappa shape index (κ3) is 3.78. The van der Waals surface area contributed by atoms with Crippen LogP contribution in [0.25, 0.3) is 0 Å². The monoisotopic (exact) mass is 241 g/mol. The molecule has 0 aliphatic heterocycles. The van der Waals surface area contributed by atoms with Crippen molar-refractivity contribution in [2.24, 2.45) is 5.73 Å². The number of carbonyl (C=O) groups excluding carboxylic acids is 2. The van der Waals surface area contributed by atoms with E-state index in [-0.39, 0.29) is 6.54 Å². The second-order valence-corrected chi connectivity index (χ2v) is 3.66. The van der Waals surface area contributed by atoms with Crippen LogP contribution in [0.5, 0.6) is 0 Å². The van der Waals surface area contributed by atoms with Gasteiger partial charge in [-0.2, -0.15) is 0 Å². The van der Waals surface area contributed by atoms with Gasteiger partial charge >= 0.3 is 6.03 Å². The van der Waals surface area contributed by atoms with Crippen molar-refractivity contribution >= 4 is 29.2 Å². The number of urea groups is 1. The van der Waals surface area contributed by atoms with Crippen molar-refractivity contribution < 1.29 is 9.59 Å². The number of nitrogens with one attached hydrogen (secondary N) is 2. The van der Waals surface area contributed by atoms with Crippen LogP contribution in [0.15, 0.2) is 18.2 Å². The number of hydrogen-bond acceptors (Lipinski definition) is 3. The highest BCUT2D eigenvalue weighted by Crippen LogP contribution is 2.22. The molecule has 3 amide bonds. The summed E-state index contributed by atoms with van der Waals surface area (Å²) < 4.78 is 0. The summed E-state index contributed by atoms with van der Waals surface area (Å²) in [5, 5.41) is 5.26. The Morgan fingerprint density at radius 2 is 2.12 bits per heavy atom. The van der Waals surface area contributed by atoms with Gasteiger partial charge in [-0.1, -0.05) is 17.7 Å². The normalized spacial score (nSPS) is 9.62. The zero-order valence-electron chi connectivity index (χ0n) is 8.71. The van der Waals surface area contributed by atoms with Crippen molar-refractivity contribution in [3.05, 3.63) is 28.8 Å². The van der Waals surface area contributed by atoms with Crippen molar-refractivity contribution in [1.82, 2.24) is 5.32 Å². The molecule has 0 spiro atoms. The van der Waals surface area contributed by atoms with Crippen LogP contribution in [-0.2, 0) is 4.79 Å². The predicted octanol–water partition coefficient (Wildman–Crippen LogP) is 1.26. The number of imide groups is 1. The van der Waals surface area contributed by atoms with Crippen molar-refractivity contribution in [1.29, 1.82) is 0 Å². The maximum atomic E-state index is 11.1. The number of aryl methyl sites for hydroxylation is 1. The van der Waals surface area contributed by atoms with E-state index in [0.717, 1.165) is 5.56 Å². The Kier molecular flexibility index (Phi) is 4.13. The molecule has 4 N–H and O–H groups in total. The zero-order chi connectivity index (χ0) is 12.1. The number of rotatable bonds is 3. The van der Waals surface area contributed by atoms with Gasteiger partial charge in [0.25, 0.3) is 0 Å². The number of hydrogen-bond donors (Lipinski definition) is 3. The molecule has 86 valence electrons. The quantitative estimate of drug-likeness (QED) is 0.745. The topological polar surface area (TPSA) is 84.2 Å². The molecule has 0 aliphatic carbocycles. The molecule has 0 atom stereocenters. The summed E-state index contributed by atoms with van der Waals surface area (Å²) in [6.45, 7) is 1.84. The third-order valence-electron chi connectivity index (χ3n) is 1.82. The molecule has 1 aromatic carbocycles. The zero-order valence-corrected chi connectivity index (χ0v) is 9.47. The number of carbonyl (C=O) groups is 2. The van der Waals surface area contributed by atoms with Gasteiger partial charge in [-0.3, -0.25) is 10.1 Å². The van der Waals surface area contributed by atoms with Crippen LogP contribution in [0.3, 0.4) is 0 Å². The first-order chi connectivity index (χ1) is 7.49. The van der Waals surface area contributed by atoms with Crippen molar-refractivity contribution in [2.75, 3.05) is 11.9 Å². The number of nitrogens with two attached hydrogens (primary N) is 1.